The molecule has 0 spiro atoms. The average molecular weight is 327 g/mol. The zero-order valence-corrected chi connectivity index (χ0v) is 13.3. The number of hydrogen-bond donors (Lipinski definition) is 2. The number of carboxylic acid groups (broad SMARTS) is 1. The predicted octanol–water partition coefficient (Wildman–Crippen LogP) is 3.79. The maximum atomic E-state index is 13.8. The molecule has 2 aromatic rings. The monoisotopic (exact) mass is 327 g/mol. The highest BCUT2D eigenvalue weighted by atomic mass is 19.1. The molecule has 1 fully saturated rings. The molecule has 0 saturated heterocycles. The van der Waals surface area contributed by atoms with Gasteiger partial charge in [-0.15, -0.1) is 0 Å². The van der Waals surface area contributed by atoms with Crippen LogP contribution < -0.4 is 5.32 Å². The summed E-state index contributed by atoms with van der Waals surface area (Å²) in [5.41, 5.74) is 1.17. The maximum Gasteiger partial charge on any atom is 0.336 e. The number of rotatable bonds is 5. The van der Waals surface area contributed by atoms with Crippen molar-refractivity contribution in [1.29, 1.82) is 0 Å². The molecular weight excluding hydrogens is 309 g/mol. The van der Waals surface area contributed by atoms with E-state index in [4.69, 9.17) is 5.11 Å². The van der Waals surface area contributed by atoms with Gasteiger partial charge in [0.05, 0.1) is 11.0 Å². The Morgan fingerprint density at radius 2 is 1.92 bits per heavy atom. The van der Waals surface area contributed by atoms with Crippen LogP contribution in [0, 0.1) is 18.2 Å². The number of anilines is 1. The highest BCUT2D eigenvalue weighted by Gasteiger charge is 2.50. The summed E-state index contributed by atoms with van der Waals surface area (Å²) in [5, 5.41) is 11.9. The number of benzene rings is 2. The smallest absolute Gasteiger partial charge is 0.336 e. The molecule has 0 unspecified atom stereocenters. The number of aryl methyl sites for hydroxylation is 1. The van der Waals surface area contributed by atoms with Gasteiger partial charge in [0.2, 0.25) is 5.91 Å². The second-order valence-electron chi connectivity index (χ2n) is 6.34. The van der Waals surface area contributed by atoms with Crippen molar-refractivity contribution in [2.75, 3.05) is 5.32 Å². The molecule has 1 aliphatic carbocycles. The average Bonchev–Trinajstić information content (AvgIpc) is 3.32. The molecule has 0 radical (unpaired) electrons. The van der Waals surface area contributed by atoms with Gasteiger partial charge >= 0.3 is 5.97 Å². The van der Waals surface area contributed by atoms with Crippen LogP contribution in [0.15, 0.2) is 42.5 Å². The maximum absolute atomic E-state index is 13.8. The third kappa shape index (κ3) is 3.15. The summed E-state index contributed by atoms with van der Waals surface area (Å²) in [6, 6.07) is 11.3. The van der Waals surface area contributed by atoms with Crippen molar-refractivity contribution < 1.29 is 19.1 Å². The van der Waals surface area contributed by atoms with Crippen LogP contribution in [0.4, 0.5) is 10.1 Å². The zero-order valence-electron chi connectivity index (χ0n) is 13.3. The third-order valence-electron chi connectivity index (χ3n) is 4.55. The van der Waals surface area contributed by atoms with Crippen LogP contribution >= 0.6 is 0 Å². The van der Waals surface area contributed by atoms with E-state index in [-0.39, 0.29) is 17.3 Å². The fourth-order valence-corrected chi connectivity index (χ4v) is 2.84. The molecule has 0 bridgehead atoms. The van der Waals surface area contributed by atoms with E-state index in [1.807, 2.05) is 0 Å². The minimum Gasteiger partial charge on any atom is -0.478 e. The fourth-order valence-electron chi connectivity index (χ4n) is 2.84. The lowest BCUT2D eigenvalue weighted by molar-refractivity contribution is -0.121. The molecule has 0 aromatic heterocycles. The van der Waals surface area contributed by atoms with Crippen LogP contribution in [0.1, 0.15) is 34.3 Å². The second kappa shape index (κ2) is 6.07. The van der Waals surface area contributed by atoms with E-state index in [0.717, 1.165) is 0 Å². The molecule has 1 saturated carbocycles. The molecule has 2 aromatic carbocycles. The van der Waals surface area contributed by atoms with E-state index in [0.29, 0.717) is 36.1 Å². The number of carbonyl (C=O) groups is 2. The van der Waals surface area contributed by atoms with E-state index in [2.05, 4.69) is 5.32 Å². The number of aromatic carboxylic acids is 1. The quantitative estimate of drug-likeness (QED) is 0.878. The SMILES string of the molecule is Cc1ccc(NC(=O)C2(Cc3ccccc3F)CC2)cc1C(=O)O. The molecule has 2 N–H and O–H groups in total. The Labute approximate surface area is 139 Å². The Bertz CT molecular complexity index is 812. The lowest BCUT2D eigenvalue weighted by atomic mass is 9.95. The van der Waals surface area contributed by atoms with Crippen molar-refractivity contribution in [2.45, 2.75) is 26.2 Å². The topological polar surface area (TPSA) is 66.4 Å². The number of nitrogens with one attached hydrogen (secondary N) is 1. The number of hydrogen-bond acceptors (Lipinski definition) is 2. The van der Waals surface area contributed by atoms with Crippen LogP contribution in [0.3, 0.4) is 0 Å². The van der Waals surface area contributed by atoms with Crippen molar-refractivity contribution >= 4 is 17.6 Å². The van der Waals surface area contributed by atoms with Gasteiger partial charge in [-0.2, -0.15) is 0 Å². The minimum absolute atomic E-state index is 0.159. The van der Waals surface area contributed by atoms with Gasteiger partial charge in [-0.05, 0) is 55.5 Å². The first-order valence-corrected chi connectivity index (χ1v) is 7.80. The van der Waals surface area contributed by atoms with Crippen molar-refractivity contribution in [2.24, 2.45) is 5.41 Å². The Morgan fingerprint density at radius 3 is 2.54 bits per heavy atom. The van der Waals surface area contributed by atoms with Gasteiger partial charge in [0.1, 0.15) is 5.82 Å². The van der Waals surface area contributed by atoms with Gasteiger partial charge in [-0.25, -0.2) is 9.18 Å². The highest BCUT2D eigenvalue weighted by molar-refractivity contribution is 5.99. The van der Waals surface area contributed by atoms with Gasteiger partial charge in [-0.1, -0.05) is 24.3 Å². The molecule has 1 aliphatic rings. The minimum atomic E-state index is -1.03. The van der Waals surface area contributed by atoms with Gasteiger partial charge in [0.15, 0.2) is 0 Å². The molecule has 0 aliphatic heterocycles. The Kier molecular flexibility index (Phi) is 4.09. The Balaban J connectivity index is 1.76. The summed E-state index contributed by atoms with van der Waals surface area (Å²) in [4.78, 5) is 23.8. The summed E-state index contributed by atoms with van der Waals surface area (Å²) in [7, 11) is 0. The first kappa shape index (κ1) is 16.2. The normalized spacial score (nSPS) is 14.9. The fraction of sp³-hybridized carbons (Fsp3) is 0.263. The number of carbonyl (C=O) groups excluding carboxylic acids is 1. The zero-order chi connectivity index (χ0) is 17.3. The molecule has 4 nitrogen and oxygen atoms in total. The third-order valence-corrected chi connectivity index (χ3v) is 4.55. The number of carboxylic acids is 1. The summed E-state index contributed by atoms with van der Waals surface area (Å²) in [5.74, 6) is -1.53. The standard InChI is InChI=1S/C19H18FNO3/c1-12-6-7-14(10-15(12)17(22)23)21-18(24)19(8-9-19)11-13-4-2-3-5-16(13)20/h2-7,10H,8-9,11H2,1H3,(H,21,24)(H,22,23). The summed E-state index contributed by atoms with van der Waals surface area (Å²) < 4.78 is 13.8. The van der Waals surface area contributed by atoms with Crippen molar-refractivity contribution in [3.05, 3.63) is 65.0 Å². The van der Waals surface area contributed by atoms with Crippen LogP contribution in [0.2, 0.25) is 0 Å². The van der Waals surface area contributed by atoms with Crippen LogP contribution in [-0.2, 0) is 11.2 Å². The van der Waals surface area contributed by atoms with Crippen molar-refractivity contribution in [3.63, 3.8) is 0 Å². The van der Waals surface area contributed by atoms with Gasteiger partial charge in [-0.3, -0.25) is 4.79 Å². The molecule has 3 rings (SSSR count). The molecule has 5 heteroatoms. The number of amides is 1. The van der Waals surface area contributed by atoms with Crippen molar-refractivity contribution in [1.82, 2.24) is 0 Å². The summed E-state index contributed by atoms with van der Waals surface area (Å²) in [6.07, 6.45) is 1.75. The van der Waals surface area contributed by atoms with E-state index in [1.54, 1.807) is 37.3 Å². The van der Waals surface area contributed by atoms with E-state index < -0.39 is 11.4 Å². The Hall–Kier alpha value is -2.69. The van der Waals surface area contributed by atoms with Crippen molar-refractivity contribution in [3.8, 4) is 0 Å². The molecule has 24 heavy (non-hydrogen) atoms. The second-order valence-corrected chi connectivity index (χ2v) is 6.34. The molecule has 0 atom stereocenters. The van der Waals surface area contributed by atoms with Gasteiger partial charge in [0.25, 0.3) is 0 Å². The largest absolute Gasteiger partial charge is 0.478 e. The lowest BCUT2D eigenvalue weighted by Gasteiger charge is -2.16. The first-order valence-electron chi connectivity index (χ1n) is 7.80. The number of halogens is 1. The predicted molar refractivity (Wildman–Crippen MR) is 88.5 cm³/mol. The summed E-state index contributed by atoms with van der Waals surface area (Å²) in [6.45, 7) is 1.70. The lowest BCUT2D eigenvalue weighted by Crippen LogP contribution is -2.26. The van der Waals surface area contributed by atoms with E-state index >= 15 is 0 Å². The molecular formula is C19H18FNO3. The molecule has 0 heterocycles. The van der Waals surface area contributed by atoms with E-state index in [1.165, 1.54) is 12.1 Å². The molecule has 1 amide bonds. The van der Waals surface area contributed by atoms with Gasteiger partial charge < -0.3 is 10.4 Å². The first-order chi connectivity index (χ1) is 11.4. The van der Waals surface area contributed by atoms with Crippen LogP contribution in [0.5, 0.6) is 0 Å². The summed E-state index contributed by atoms with van der Waals surface area (Å²) >= 11 is 0. The van der Waals surface area contributed by atoms with Crippen LogP contribution in [0.25, 0.3) is 0 Å². The van der Waals surface area contributed by atoms with Crippen LogP contribution in [-0.4, -0.2) is 17.0 Å². The highest BCUT2D eigenvalue weighted by Crippen LogP contribution is 2.49. The molecule has 124 valence electrons. The van der Waals surface area contributed by atoms with Gasteiger partial charge in [0, 0.05) is 5.69 Å². The Morgan fingerprint density at radius 1 is 1.21 bits per heavy atom. The van der Waals surface area contributed by atoms with E-state index in [9.17, 15) is 14.0 Å².